The van der Waals surface area contributed by atoms with Crippen LogP contribution in [0.15, 0.2) is 154 Å². The maximum atomic E-state index is 14.2. The number of nitrogens with zero attached hydrogens (tertiary/aromatic N) is 6. The van der Waals surface area contributed by atoms with Crippen molar-refractivity contribution >= 4 is 120 Å². The Labute approximate surface area is 451 Å². The number of sulfonamides is 1. The summed E-state index contributed by atoms with van der Waals surface area (Å²) in [6.07, 6.45) is 0.650. The van der Waals surface area contributed by atoms with Crippen molar-refractivity contribution in [3.05, 3.63) is 146 Å². The van der Waals surface area contributed by atoms with E-state index in [1.165, 1.54) is 87.0 Å². The minimum atomic E-state index is -5.35. The van der Waals surface area contributed by atoms with E-state index in [0.717, 1.165) is 24.3 Å². The molecule has 0 heterocycles. The average Bonchev–Trinajstić information content (AvgIpc) is 3.39. The molecule has 0 bridgehead atoms. The Morgan fingerprint density at radius 3 is 1.91 bits per heavy atom. The van der Waals surface area contributed by atoms with Gasteiger partial charge in [0, 0.05) is 22.9 Å². The number of non-ortho nitro benzene ring substituents is 1. The minimum absolute atomic E-state index is 0.00670. The fourth-order valence-corrected chi connectivity index (χ4v) is 10.8. The maximum Gasteiger partial charge on any atom is 0.338 e. The van der Waals surface area contributed by atoms with Gasteiger partial charge in [-0.05, 0) is 102 Å². The first-order chi connectivity index (χ1) is 37.5. The van der Waals surface area contributed by atoms with Gasteiger partial charge in [-0.2, -0.15) is 30.4 Å². The van der Waals surface area contributed by atoms with E-state index in [0.29, 0.717) is 34.9 Å². The Kier molecular flexibility index (Phi) is 15.1. The monoisotopic (exact) mass is 1170 g/mol. The number of ether oxygens (including phenoxy) is 2. The summed E-state index contributed by atoms with van der Waals surface area (Å²) in [6, 6.07) is 21.4. The number of nitro benzene ring substituents is 1. The van der Waals surface area contributed by atoms with Gasteiger partial charge in [-0.25, -0.2) is 13.2 Å². The summed E-state index contributed by atoms with van der Waals surface area (Å²) in [5.41, 5.74) is 4.47. The molecule has 0 radical (unpaired) electrons. The van der Waals surface area contributed by atoms with Crippen LogP contribution >= 0.6 is 0 Å². The Hall–Kier alpha value is -9.57. The second kappa shape index (κ2) is 21.3. The molecule has 1 aliphatic rings. The molecule has 9 N–H and O–H groups in total. The molecule has 0 amide bonds. The molecular formula is C48H37N9O19S4. The first-order valence-corrected chi connectivity index (χ1v) is 27.9. The molecule has 0 fully saturated rings. The molecule has 0 aliphatic heterocycles. The fraction of sp³-hybridized carbons (Fsp3) is 0.0625. The molecule has 7 aromatic rings. The van der Waals surface area contributed by atoms with E-state index in [1.54, 1.807) is 6.92 Å². The lowest BCUT2D eigenvalue weighted by Gasteiger charge is -2.21. The van der Waals surface area contributed by atoms with Crippen molar-refractivity contribution in [3.8, 4) is 28.4 Å². The summed E-state index contributed by atoms with van der Waals surface area (Å²) in [5, 5.41) is 51.8. The van der Waals surface area contributed by atoms with E-state index in [2.05, 4.69) is 35.7 Å². The van der Waals surface area contributed by atoms with E-state index < -0.39 is 117 Å². The van der Waals surface area contributed by atoms with Crippen molar-refractivity contribution in [2.75, 3.05) is 30.1 Å². The average molecular weight is 1170 g/mol. The number of anilines is 3. The van der Waals surface area contributed by atoms with Gasteiger partial charge >= 0.3 is 5.97 Å². The van der Waals surface area contributed by atoms with Crippen LogP contribution in [0.4, 0.5) is 45.5 Å². The highest BCUT2D eigenvalue weighted by Crippen LogP contribution is 2.47. The molecule has 28 nitrogen and oxygen atoms in total. The number of phenols is 1. The van der Waals surface area contributed by atoms with Crippen molar-refractivity contribution in [2.24, 2.45) is 25.6 Å². The van der Waals surface area contributed by atoms with Gasteiger partial charge in [-0.15, -0.1) is 20.5 Å². The molecule has 0 saturated heterocycles. The van der Waals surface area contributed by atoms with Crippen LogP contribution in [0.2, 0.25) is 0 Å². The van der Waals surface area contributed by atoms with E-state index in [-0.39, 0.29) is 55.6 Å². The number of methoxy groups -OCH3 is 2. The first-order valence-electron chi connectivity index (χ1n) is 22.1. The number of phenolic OH excluding ortho intramolecular Hbond substituents is 1. The molecule has 1 aliphatic carbocycles. The minimum Gasteiger partial charge on any atom is -0.505 e. The smallest absolute Gasteiger partial charge is 0.338 e. The van der Waals surface area contributed by atoms with Gasteiger partial charge < -0.3 is 25.4 Å². The maximum absolute atomic E-state index is 14.2. The number of benzene rings is 7. The number of allylic oxidation sites excluding steroid dienone is 1. The van der Waals surface area contributed by atoms with Crippen LogP contribution in [0.1, 0.15) is 31.8 Å². The molecule has 0 unspecified atom stereocenters. The number of aryl methyl sites for hydroxylation is 1. The number of nitrogen functional groups attached to an aromatic ring is 1. The molecule has 8 rings (SSSR count). The zero-order chi connectivity index (χ0) is 58.4. The zero-order valence-electron chi connectivity index (χ0n) is 40.8. The molecule has 7 aromatic carbocycles. The topological polar surface area (TPSA) is 445 Å². The van der Waals surface area contributed by atoms with Gasteiger partial charge in [0.05, 0.1) is 57.1 Å². The number of carboxylic acids is 1. The van der Waals surface area contributed by atoms with E-state index in [4.69, 9.17) is 15.2 Å². The molecule has 32 heteroatoms. The largest absolute Gasteiger partial charge is 0.505 e. The number of carboxylic acid groups (broad SMARTS) is 1. The number of nitro groups is 1. The van der Waals surface area contributed by atoms with Crippen LogP contribution in [0.25, 0.3) is 28.0 Å². The Balaban J connectivity index is 1.11. The highest BCUT2D eigenvalue weighted by molar-refractivity contribution is 7.92. The summed E-state index contributed by atoms with van der Waals surface area (Å²) in [6.45, 7) is 1.69. The van der Waals surface area contributed by atoms with Gasteiger partial charge in [-0.1, -0.05) is 29.8 Å². The number of carbonyl (C=O) groups is 2. The Morgan fingerprint density at radius 2 is 1.30 bits per heavy atom. The zero-order valence-corrected chi connectivity index (χ0v) is 44.1. The number of rotatable bonds is 17. The van der Waals surface area contributed by atoms with Gasteiger partial charge in [0.1, 0.15) is 44.0 Å². The molecule has 0 atom stereocenters. The van der Waals surface area contributed by atoms with E-state index in [9.17, 15) is 77.2 Å². The van der Waals surface area contributed by atoms with Crippen LogP contribution in [0.5, 0.6) is 17.2 Å². The highest BCUT2D eigenvalue weighted by Gasteiger charge is 2.37. The quantitative estimate of drug-likeness (QED) is 0.0139. The lowest BCUT2D eigenvalue weighted by molar-refractivity contribution is -0.384. The summed E-state index contributed by atoms with van der Waals surface area (Å²) >= 11 is 0. The SMILES string of the molecule is COc1cc(-c2ccc(NN=C3C(=O)c4c(cc(S(=O)(=O)O)cc4NS(=O)(=O)c4ccc(C)cc4)C=C3S(=O)(=O)O)c(OC)c2)ccc1N=Nc1c(S(=O)(=O)O)cc2c(N=Nc3ccc([N+](=O)[O-])cc3C(=O)O)c(N)ccc2c1O. The van der Waals surface area contributed by atoms with Crippen molar-refractivity contribution < 1.29 is 81.5 Å². The molecule has 80 heavy (non-hydrogen) atoms. The van der Waals surface area contributed by atoms with Crippen LogP contribution < -0.4 is 25.4 Å². The van der Waals surface area contributed by atoms with Crippen molar-refractivity contribution in [1.82, 2.24) is 0 Å². The molecule has 412 valence electrons. The van der Waals surface area contributed by atoms with Crippen molar-refractivity contribution in [3.63, 3.8) is 0 Å². The third kappa shape index (κ3) is 11.5. The number of carbonyl (C=O) groups excluding carboxylic acids is 1. The molecule has 0 saturated carbocycles. The number of nitrogens with two attached hydrogens (primary N) is 1. The van der Waals surface area contributed by atoms with Gasteiger partial charge in [0.2, 0.25) is 5.78 Å². The summed E-state index contributed by atoms with van der Waals surface area (Å²) in [5.74, 6) is -3.74. The highest BCUT2D eigenvalue weighted by atomic mass is 32.2. The third-order valence-corrected chi connectivity index (χ3v) is 15.7. The third-order valence-electron chi connectivity index (χ3n) is 11.7. The van der Waals surface area contributed by atoms with Crippen LogP contribution in [0, 0.1) is 17.0 Å². The van der Waals surface area contributed by atoms with Crippen LogP contribution in [-0.2, 0) is 40.4 Å². The predicted octanol–water partition coefficient (Wildman–Crippen LogP) is 8.74. The molecular weight excluding hydrogens is 1130 g/mol. The molecule has 0 aromatic heterocycles. The Morgan fingerprint density at radius 1 is 0.675 bits per heavy atom. The number of hydrogen-bond donors (Lipinski definition) is 8. The van der Waals surface area contributed by atoms with Gasteiger partial charge in [0.15, 0.2) is 11.5 Å². The number of aromatic carboxylic acids is 1. The standard InChI is InChI=1S/C48H37N9O19S4/c1-23-4-9-28(10-5-23)77(64,65)56-37-21-29(78(66,67)68)16-26-19-40(79(69,70)71)45(47(59)42(26)37)55-52-36-14-7-25(18-39(36)76-3)24-6-13-35(38(17-24)75-2)51-54-44-41(80(72,73)74)22-31-30(46(44)58)11-12-33(49)43(31)53-50-34-15-8-27(57(62)63)20-32(34)48(60)61/h4-22,52,56,58H,49H2,1-3H3,(H,60,61)(H,66,67,68)(H,69,70,71)(H,72,73,74). The second-order valence-electron chi connectivity index (χ2n) is 16.8. The number of aromatic hydroxyl groups is 1. The molecule has 0 spiro atoms. The van der Waals surface area contributed by atoms with Crippen LogP contribution in [0.3, 0.4) is 0 Å². The lowest BCUT2D eigenvalue weighted by Crippen LogP contribution is -2.29. The van der Waals surface area contributed by atoms with Gasteiger partial charge in [-0.3, -0.25) is 38.7 Å². The number of ketones is 1. The number of fused-ring (bicyclic) bond motifs is 2. The van der Waals surface area contributed by atoms with Crippen molar-refractivity contribution in [2.45, 2.75) is 21.6 Å². The number of Topliss-reactive ketones (excluding diaryl/α,β-unsaturated/α-hetero) is 1. The van der Waals surface area contributed by atoms with Crippen molar-refractivity contribution in [1.29, 1.82) is 0 Å². The predicted molar refractivity (Wildman–Crippen MR) is 286 cm³/mol. The normalized spacial score (nSPS) is 13.6. The van der Waals surface area contributed by atoms with Crippen LogP contribution in [-0.4, -0.2) is 94.1 Å². The first kappa shape index (κ1) is 56.6. The summed E-state index contributed by atoms with van der Waals surface area (Å²) in [4.78, 5) is 33.1. The van der Waals surface area contributed by atoms with E-state index >= 15 is 0 Å². The number of hydrogen-bond acceptors (Lipinski definition) is 22. The summed E-state index contributed by atoms with van der Waals surface area (Å²) < 4.78 is 146. The second-order valence-corrected chi connectivity index (χ2v) is 22.7. The number of hydrazone groups is 1. The van der Waals surface area contributed by atoms with Gasteiger partial charge in [0.25, 0.3) is 46.1 Å². The Bertz CT molecular complexity index is 4440. The lowest BCUT2D eigenvalue weighted by atomic mass is 9.93. The van der Waals surface area contributed by atoms with E-state index in [1.807, 2.05) is 0 Å². The summed E-state index contributed by atoms with van der Waals surface area (Å²) in [7, 11) is -17.8. The fourth-order valence-electron chi connectivity index (χ4n) is 7.85. The number of azo groups is 2. The number of nitrogens with one attached hydrogen (secondary N) is 2.